The van der Waals surface area contributed by atoms with Gasteiger partial charge in [0, 0.05) is 12.2 Å². The van der Waals surface area contributed by atoms with Gasteiger partial charge in [-0.1, -0.05) is 17.8 Å². The molecule has 0 aliphatic heterocycles. The van der Waals surface area contributed by atoms with Crippen LogP contribution >= 0.6 is 11.8 Å². The average Bonchev–Trinajstić information content (AvgIpc) is 2.64. The Morgan fingerprint density at radius 2 is 2.16 bits per heavy atom. The summed E-state index contributed by atoms with van der Waals surface area (Å²) in [5, 5.41) is 9.80. The van der Waals surface area contributed by atoms with Gasteiger partial charge < -0.3 is 19.2 Å². The number of aromatic nitrogens is 2. The molecule has 1 N–H and O–H groups in total. The van der Waals surface area contributed by atoms with Crippen molar-refractivity contribution in [2.24, 2.45) is 0 Å². The van der Waals surface area contributed by atoms with Gasteiger partial charge in [0.05, 0.1) is 13.7 Å². The molecule has 8 heteroatoms. The number of nitriles is 1. The minimum atomic E-state index is -0.486. The summed E-state index contributed by atoms with van der Waals surface area (Å²) in [7, 11) is 1.53. The molecule has 0 saturated heterocycles. The van der Waals surface area contributed by atoms with Crippen molar-refractivity contribution in [1.29, 1.82) is 5.26 Å². The summed E-state index contributed by atoms with van der Waals surface area (Å²) in [6, 6.07) is 7.16. The molecule has 25 heavy (non-hydrogen) atoms. The first-order valence-corrected chi connectivity index (χ1v) is 8.85. The van der Waals surface area contributed by atoms with E-state index in [2.05, 4.69) is 9.97 Å². The maximum absolute atomic E-state index is 12.2. The highest BCUT2D eigenvalue weighted by Crippen LogP contribution is 2.38. The summed E-state index contributed by atoms with van der Waals surface area (Å²) in [5.41, 5.74) is 0.232. The number of thioether (sulfide) groups is 1. The normalized spacial score (nSPS) is 10.3. The van der Waals surface area contributed by atoms with Gasteiger partial charge >= 0.3 is 0 Å². The van der Waals surface area contributed by atoms with Gasteiger partial charge in [0.1, 0.15) is 23.9 Å². The van der Waals surface area contributed by atoms with E-state index in [0.29, 0.717) is 42.0 Å². The first-order chi connectivity index (χ1) is 12.2. The topological polar surface area (TPSA) is 97.2 Å². The molecule has 132 valence electrons. The van der Waals surface area contributed by atoms with E-state index in [4.69, 9.17) is 14.2 Å². The van der Waals surface area contributed by atoms with E-state index in [1.165, 1.54) is 18.9 Å². The molecule has 0 atom stereocenters. The van der Waals surface area contributed by atoms with Gasteiger partial charge in [0.15, 0.2) is 16.7 Å². The highest BCUT2D eigenvalue weighted by molar-refractivity contribution is 7.98. The smallest absolute Gasteiger partial charge is 0.270 e. The fraction of sp³-hybridized carbons (Fsp3) is 0.353. The number of hydrogen-bond donors (Lipinski definition) is 1. The van der Waals surface area contributed by atoms with Gasteiger partial charge in [-0.15, -0.1) is 0 Å². The van der Waals surface area contributed by atoms with Crippen LogP contribution in [0, 0.1) is 11.3 Å². The van der Waals surface area contributed by atoms with Crippen LogP contribution < -0.4 is 15.0 Å². The van der Waals surface area contributed by atoms with Crippen molar-refractivity contribution < 1.29 is 14.2 Å². The third-order valence-corrected chi connectivity index (χ3v) is 3.92. The lowest BCUT2D eigenvalue weighted by Crippen LogP contribution is -2.15. The highest BCUT2D eigenvalue weighted by atomic mass is 32.2. The zero-order valence-corrected chi connectivity index (χ0v) is 15.1. The number of H-pyrrole nitrogens is 1. The van der Waals surface area contributed by atoms with E-state index in [-0.39, 0.29) is 11.3 Å². The molecule has 0 bridgehead atoms. The average molecular weight is 361 g/mol. The number of rotatable bonds is 8. The number of benzene rings is 1. The number of para-hydroxylation sites is 1. The van der Waals surface area contributed by atoms with Crippen LogP contribution in [0.5, 0.6) is 11.5 Å². The number of hydrogen-bond acceptors (Lipinski definition) is 7. The summed E-state index contributed by atoms with van der Waals surface area (Å²) < 4.78 is 16.4. The molecule has 0 aliphatic carbocycles. The van der Waals surface area contributed by atoms with E-state index >= 15 is 0 Å². The fourth-order valence-corrected chi connectivity index (χ4v) is 2.58. The van der Waals surface area contributed by atoms with Crippen molar-refractivity contribution in [3.63, 3.8) is 0 Å². The summed E-state index contributed by atoms with van der Waals surface area (Å²) in [6.45, 7) is 3.21. The van der Waals surface area contributed by atoms with Crippen LogP contribution in [-0.4, -0.2) is 43.2 Å². The Bertz CT molecular complexity index is 830. The predicted octanol–water partition coefficient (Wildman–Crippen LogP) is 2.45. The minimum Gasteiger partial charge on any atom is -0.493 e. The third kappa shape index (κ3) is 4.32. The SMILES string of the molecule is CCOCCOc1c(OC)cccc1-c1nc(SC)[nH]c(=O)c1C#N. The van der Waals surface area contributed by atoms with Crippen LogP contribution in [0.2, 0.25) is 0 Å². The van der Waals surface area contributed by atoms with Crippen LogP contribution in [0.1, 0.15) is 12.5 Å². The molecule has 0 amide bonds. The second-order valence-electron chi connectivity index (χ2n) is 4.79. The summed E-state index contributed by atoms with van der Waals surface area (Å²) in [6.07, 6.45) is 1.79. The summed E-state index contributed by atoms with van der Waals surface area (Å²) in [5.74, 6) is 0.914. The molecule has 1 aromatic carbocycles. The summed E-state index contributed by atoms with van der Waals surface area (Å²) in [4.78, 5) is 19.1. The van der Waals surface area contributed by atoms with Gasteiger partial charge in [-0.25, -0.2) is 4.98 Å². The highest BCUT2D eigenvalue weighted by Gasteiger charge is 2.19. The van der Waals surface area contributed by atoms with Gasteiger partial charge in [-0.05, 0) is 25.3 Å². The lowest BCUT2D eigenvalue weighted by Gasteiger charge is -2.15. The zero-order valence-electron chi connectivity index (χ0n) is 14.3. The lowest BCUT2D eigenvalue weighted by molar-refractivity contribution is 0.109. The zero-order chi connectivity index (χ0) is 18.2. The number of methoxy groups -OCH3 is 1. The molecule has 0 unspecified atom stereocenters. The molecular formula is C17H19N3O4S. The molecular weight excluding hydrogens is 342 g/mol. The lowest BCUT2D eigenvalue weighted by atomic mass is 10.1. The molecule has 0 spiro atoms. The molecule has 0 saturated carbocycles. The molecule has 0 aliphatic rings. The van der Waals surface area contributed by atoms with E-state index < -0.39 is 5.56 Å². The van der Waals surface area contributed by atoms with Crippen LogP contribution in [0.3, 0.4) is 0 Å². The molecule has 1 aromatic heterocycles. The number of nitrogens with one attached hydrogen (secondary N) is 1. The Hall–Kier alpha value is -2.50. The van der Waals surface area contributed by atoms with Crippen LogP contribution in [-0.2, 0) is 4.74 Å². The Balaban J connectivity index is 2.57. The molecule has 1 heterocycles. The van der Waals surface area contributed by atoms with Crippen LogP contribution in [0.15, 0.2) is 28.2 Å². The van der Waals surface area contributed by atoms with E-state index in [1.54, 1.807) is 24.5 Å². The molecule has 2 rings (SSSR count). The van der Waals surface area contributed by atoms with Crippen molar-refractivity contribution in [2.45, 2.75) is 12.1 Å². The largest absolute Gasteiger partial charge is 0.493 e. The standard InChI is InChI=1S/C17H19N3O4S/c1-4-23-8-9-24-15-11(6-5-7-13(15)22-2)14-12(10-18)16(21)20-17(19-14)25-3/h5-7H,4,8-9H2,1-3H3,(H,19,20,21). The Kier molecular flexibility index (Phi) is 6.86. The molecule has 0 radical (unpaired) electrons. The second kappa shape index (κ2) is 9.11. The van der Waals surface area contributed by atoms with Gasteiger partial charge in [0.25, 0.3) is 5.56 Å². The van der Waals surface area contributed by atoms with E-state index in [9.17, 15) is 10.1 Å². The first-order valence-electron chi connectivity index (χ1n) is 7.62. The van der Waals surface area contributed by atoms with Crippen molar-refractivity contribution in [2.75, 3.05) is 33.2 Å². The summed E-state index contributed by atoms with van der Waals surface area (Å²) >= 11 is 1.28. The second-order valence-corrected chi connectivity index (χ2v) is 5.59. The monoisotopic (exact) mass is 361 g/mol. The van der Waals surface area contributed by atoms with Crippen LogP contribution in [0.25, 0.3) is 11.3 Å². The van der Waals surface area contributed by atoms with Gasteiger partial charge in [-0.2, -0.15) is 5.26 Å². The van der Waals surface area contributed by atoms with Gasteiger partial charge in [0.2, 0.25) is 0 Å². The number of aromatic amines is 1. The molecule has 7 nitrogen and oxygen atoms in total. The number of ether oxygens (including phenoxy) is 3. The van der Waals surface area contributed by atoms with Crippen molar-refractivity contribution in [3.05, 3.63) is 34.1 Å². The van der Waals surface area contributed by atoms with Crippen molar-refractivity contribution >= 4 is 11.8 Å². The molecule has 2 aromatic rings. The van der Waals surface area contributed by atoms with Crippen molar-refractivity contribution in [1.82, 2.24) is 9.97 Å². The van der Waals surface area contributed by atoms with Crippen LogP contribution in [0.4, 0.5) is 0 Å². The molecule has 0 fully saturated rings. The Labute approximate surface area is 150 Å². The maximum Gasteiger partial charge on any atom is 0.270 e. The van der Waals surface area contributed by atoms with E-state index in [1.807, 2.05) is 13.0 Å². The third-order valence-electron chi connectivity index (χ3n) is 3.33. The van der Waals surface area contributed by atoms with Crippen molar-refractivity contribution in [3.8, 4) is 28.8 Å². The Morgan fingerprint density at radius 1 is 1.36 bits per heavy atom. The van der Waals surface area contributed by atoms with E-state index in [0.717, 1.165) is 0 Å². The number of nitrogens with zero attached hydrogens (tertiary/aromatic N) is 2. The van der Waals surface area contributed by atoms with Gasteiger partial charge in [-0.3, -0.25) is 4.79 Å². The first kappa shape index (κ1) is 18.8. The predicted molar refractivity (Wildman–Crippen MR) is 95.3 cm³/mol. The quantitative estimate of drug-likeness (QED) is 0.438. The Morgan fingerprint density at radius 3 is 2.80 bits per heavy atom. The fourth-order valence-electron chi connectivity index (χ4n) is 2.21. The minimum absolute atomic E-state index is 0.0688. The maximum atomic E-state index is 12.2.